The molecule has 4 nitrogen and oxygen atoms in total. The minimum Gasteiger partial charge on any atom is -0.392 e. The average Bonchev–Trinajstić information content (AvgIpc) is 2.05. The Morgan fingerprint density at radius 2 is 2.20 bits per heavy atom. The lowest BCUT2D eigenvalue weighted by atomic mass is 10.2. The molecule has 1 aromatic heterocycles. The Bertz CT molecular complexity index is 415. The maximum atomic E-state index is 10.9. The predicted octanol–water partition coefficient (Wildman–Crippen LogP) is 0.792. The van der Waals surface area contributed by atoms with Crippen molar-refractivity contribution < 1.29 is 13.5 Å². The highest BCUT2D eigenvalue weighted by Crippen LogP contribution is 2.09. The molecule has 0 amide bonds. The van der Waals surface area contributed by atoms with E-state index < -0.39 is 15.9 Å². The van der Waals surface area contributed by atoms with Crippen LogP contribution in [0.25, 0.3) is 0 Å². The third kappa shape index (κ3) is 5.25. The van der Waals surface area contributed by atoms with Gasteiger partial charge in [0.25, 0.3) is 0 Å². The molecule has 0 aliphatic carbocycles. The maximum Gasteiger partial charge on any atom is 0.150 e. The second kappa shape index (κ2) is 5.05. The zero-order valence-electron chi connectivity index (χ0n) is 8.22. The van der Waals surface area contributed by atoms with Crippen molar-refractivity contribution in [2.45, 2.75) is 12.5 Å². The van der Waals surface area contributed by atoms with E-state index >= 15 is 0 Å². The van der Waals surface area contributed by atoms with Crippen molar-refractivity contribution in [2.75, 3.05) is 12.0 Å². The molecule has 0 saturated heterocycles. The van der Waals surface area contributed by atoms with Gasteiger partial charge in [0.15, 0.2) is 0 Å². The Hall–Kier alpha value is -0.460. The number of hydrogen-bond acceptors (Lipinski definition) is 4. The molecule has 0 bridgehead atoms. The Morgan fingerprint density at radius 3 is 2.67 bits per heavy atom. The molecular formula is C9H12BrNO3S. The molecule has 0 aliphatic rings. The van der Waals surface area contributed by atoms with E-state index in [-0.39, 0.29) is 12.2 Å². The Morgan fingerprint density at radius 1 is 1.53 bits per heavy atom. The monoisotopic (exact) mass is 293 g/mol. The Balaban J connectivity index is 2.59. The van der Waals surface area contributed by atoms with Crippen molar-refractivity contribution in [3.63, 3.8) is 0 Å². The van der Waals surface area contributed by atoms with E-state index in [1.165, 1.54) is 0 Å². The maximum absolute atomic E-state index is 10.9. The largest absolute Gasteiger partial charge is 0.392 e. The van der Waals surface area contributed by atoms with E-state index in [0.29, 0.717) is 5.69 Å². The Labute approximate surface area is 97.4 Å². The minimum absolute atomic E-state index is 0.231. The summed E-state index contributed by atoms with van der Waals surface area (Å²) in [4.78, 5) is 4.05. The van der Waals surface area contributed by atoms with Gasteiger partial charge in [0.1, 0.15) is 9.84 Å². The molecule has 0 saturated carbocycles. The molecule has 1 atom stereocenters. The predicted molar refractivity (Wildman–Crippen MR) is 61.4 cm³/mol. The van der Waals surface area contributed by atoms with E-state index in [4.69, 9.17) is 0 Å². The molecule has 1 aromatic rings. The van der Waals surface area contributed by atoms with Gasteiger partial charge in [0.05, 0.1) is 11.9 Å². The summed E-state index contributed by atoms with van der Waals surface area (Å²) in [5.41, 5.74) is 0.675. The zero-order valence-corrected chi connectivity index (χ0v) is 10.6. The van der Waals surface area contributed by atoms with Crippen LogP contribution >= 0.6 is 15.9 Å². The minimum atomic E-state index is -3.14. The lowest BCUT2D eigenvalue weighted by molar-refractivity contribution is 0.196. The number of sulfone groups is 1. The van der Waals surface area contributed by atoms with Crippen LogP contribution in [0.3, 0.4) is 0 Å². The molecule has 1 N–H and O–H groups in total. The van der Waals surface area contributed by atoms with Gasteiger partial charge in [-0.3, -0.25) is 4.98 Å². The second-order valence-corrected chi connectivity index (χ2v) is 6.52. The van der Waals surface area contributed by atoms with Crippen molar-refractivity contribution >= 4 is 25.8 Å². The van der Waals surface area contributed by atoms with Crippen LogP contribution in [0.5, 0.6) is 0 Å². The number of aliphatic hydroxyl groups excluding tert-OH is 1. The summed E-state index contributed by atoms with van der Waals surface area (Å²) >= 11 is 3.24. The van der Waals surface area contributed by atoms with Crippen LogP contribution in [0.2, 0.25) is 0 Å². The van der Waals surface area contributed by atoms with Gasteiger partial charge in [-0.1, -0.05) is 0 Å². The van der Waals surface area contributed by atoms with Crippen LogP contribution in [-0.2, 0) is 16.3 Å². The summed E-state index contributed by atoms with van der Waals surface area (Å²) in [7, 11) is -3.14. The van der Waals surface area contributed by atoms with Crippen molar-refractivity contribution in [3.05, 3.63) is 28.5 Å². The molecule has 1 rings (SSSR count). The number of pyridine rings is 1. The number of aliphatic hydroxyl groups is 1. The number of halogens is 1. The molecule has 0 fully saturated rings. The van der Waals surface area contributed by atoms with Crippen LogP contribution in [0.1, 0.15) is 5.69 Å². The quantitative estimate of drug-likeness (QED) is 0.891. The van der Waals surface area contributed by atoms with Crippen LogP contribution in [0.4, 0.5) is 0 Å². The van der Waals surface area contributed by atoms with Gasteiger partial charge in [-0.15, -0.1) is 0 Å². The molecule has 0 spiro atoms. The first-order valence-electron chi connectivity index (χ1n) is 4.33. The molecule has 0 radical (unpaired) electrons. The van der Waals surface area contributed by atoms with E-state index in [1.54, 1.807) is 18.3 Å². The van der Waals surface area contributed by atoms with E-state index in [0.717, 1.165) is 10.7 Å². The topological polar surface area (TPSA) is 67.3 Å². The van der Waals surface area contributed by atoms with Crippen molar-refractivity contribution in [1.29, 1.82) is 0 Å². The van der Waals surface area contributed by atoms with Crippen molar-refractivity contribution in [1.82, 2.24) is 4.98 Å². The lowest BCUT2D eigenvalue weighted by Gasteiger charge is -2.08. The Kier molecular flexibility index (Phi) is 4.24. The van der Waals surface area contributed by atoms with E-state index in [2.05, 4.69) is 20.9 Å². The zero-order chi connectivity index (χ0) is 11.5. The lowest BCUT2D eigenvalue weighted by Crippen LogP contribution is -2.22. The second-order valence-electron chi connectivity index (χ2n) is 3.42. The summed E-state index contributed by atoms with van der Waals surface area (Å²) in [5.74, 6) is -0.231. The molecule has 15 heavy (non-hydrogen) atoms. The average molecular weight is 294 g/mol. The molecule has 0 aliphatic heterocycles. The number of aromatic nitrogens is 1. The summed E-state index contributed by atoms with van der Waals surface area (Å²) in [6.45, 7) is 0. The normalized spacial score (nSPS) is 13.8. The van der Waals surface area contributed by atoms with Gasteiger partial charge in [-0.2, -0.15) is 0 Å². The van der Waals surface area contributed by atoms with Crippen LogP contribution < -0.4 is 0 Å². The summed E-state index contributed by atoms with van der Waals surface area (Å²) < 4.78 is 22.6. The number of rotatable bonds is 4. The van der Waals surface area contributed by atoms with Gasteiger partial charge < -0.3 is 5.11 Å². The summed E-state index contributed by atoms with van der Waals surface area (Å²) in [6, 6.07) is 3.55. The molecule has 1 unspecified atom stereocenters. The van der Waals surface area contributed by atoms with Crippen molar-refractivity contribution in [2.24, 2.45) is 0 Å². The fourth-order valence-electron chi connectivity index (χ4n) is 1.18. The molecule has 0 aromatic carbocycles. The first kappa shape index (κ1) is 12.6. The highest BCUT2D eigenvalue weighted by Gasteiger charge is 2.13. The summed E-state index contributed by atoms with van der Waals surface area (Å²) in [5, 5.41) is 9.48. The molecule has 1 heterocycles. The van der Waals surface area contributed by atoms with Crippen LogP contribution in [0, 0.1) is 0 Å². The third-order valence-electron chi connectivity index (χ3n) is 1.73. The fraction of sp³-hybridized carbons (Fsp3) is 0.444. The number of nitrogens with zero attached hydrogens (tertiary/aromatic N) is 1. The van der Waals surface area contributed by atoms with Gasteiger partial charge in [0, 0.05) is 29.0 Å². The van der Waals surface area contributed by atoms with Gasteiger partial charge in [-0.05, 0) is 28.1 Å². The highest BCUT2D eigenvalue weighted by molar-refractivity contribution is 9.10. The molecular weight excluding hydrogens is 282 g/mol. The summed E-state index contributed by atoms with van der Waals surface area (Å²) in [6.07, 6.45) is 2.07. The first-order chi connectivity index (χ1) is 6.87. The standard InChI is InChI=1S/C9H12BrNO3S/c1-15(13,14)6-9(12)4-8-3-2-7(10)5-11-8/h2-3,5,9,12H,4,6H2,1H3. The number of hydrogen-bond donors (Lipinski definition) is 1. The highest BCUT2D eigenvalue weighted by atomic mass is 79.9. The third-order valence-corrected chi connectivity index (χ3v) is 3.19. The van der Waals surface area contributed by atoms with Gasteiger partial charge >= 0.3 is 0 Å². The first-order valence-corrected chi connectivity index (χ1v) is 7.18. The van der Waals surface area contributed by atoms with E-state index in [1.807, 2.05) is 0 Å². The smallest absolute Gasteiger partial charge is 0.150 e. The van der Waals surface area contributed by atoms with Crippen molar-refractivity contribution in [3.8, 4) is 0 Å². The molecule has 6 heteroatoms. The van der Waals surface area contributed by atoms with Crippen LogP contribution in [-0.4, -0.2) is 36.6 Å². The fourth-order valence-corrected chi connectivity index (χ4v) is 2.23. The van der Waals surface area contributed by atoms with E-state index in [9.17, 15) is 13.5 Å². The van der Waals surface area contributed by atoms with Gasteiger partial charge in [-0.25, -0.2) is 8.42 Å². The molecule has 84 valence electrons. The van der Waals surface area contributed by atoms with Gasteiger partial charge in [0.2, 0.25) is 0 Å². The SMILES string of the molecule is CS(=O)(=O)CC(O)Cc1ccc(Br)cn1. The van der Waals surface area contributed by atoms with Crippen LogP contribution in [0.15, 0.2) is 22.8 Å².